The number of carbonyl (C=O) groups excluding carboxylic acids is 1. The molecule has 24 heavy (non-hydrogen) atoms. The van der Waals surface area contributed by atoms with Crippen molar-refractivity contribution in [3.8, 4) is 0 Å². The second-order valence-electron chi connectivity index (χ2n) is 5.33. The summed E-state index contributed by atoms with van der Waals surface area (Å²) in [4.78, 5) is 22.0. The molecule has 2 N–H and O–H groups in total. The lowest BCUT2D eigenvalue weighted by Gasteiger charge is -2.20. The lowest BCUT2D eigenvalue weighted by atomic mass is 10.0. The SMILES string of the molecule is CC[C@H](C)[C@H](NS(=O)(=O)c1ccc(CC(=O)OC)c(F)c1)C(=O)O. The van der Waals surface area contributed by atoms with Crippen molar-refractivity contribution >= 4 is 22.0 Å². The number of hydrogen-bond acceptors (Lipinski definition) is 5. The van der Waals surface area contributed by atoms with Gasteiger partial charge in [0.2, 0.25) is 10.0 Å². The molecule has 0 fully saturated rings. The molecule has 0 heterocycles. The Bertz CT molecular complexity index is 719. The van der Waals surface area contributed by atoms with Crippen LogP contribution >= 0.6 is 0 Å². The Labute approximate surface area is 139 Å². The predicted molar refractivity (Wildman–Crippen MR) is 83.3 cm³/mol. The highest BCUT2D eigenvalue weighted by Gasteiger charge is 2.29. The number of hydrogen-bond donors (Lipinski definition) is 2. The van der Waals surface area contributed by atoms with Gasteiger partial charge in [0.05, 0.1) is 18.4 Å². The van der Waals surface area contributed by atoms with Crippen molar-refractivity contribution in [2.75, 3.05) is 7.11 Å². The van der Waals surface area contributed by atoms with E-state index in [0.29, 0.717) is 6.42 Å². The van der Waals surface area contributed by atoms with Gasteiger partial charge in [0.15, 0.2) is 0 Å². The summed E-state index contributed by atoms with van der Waals surface area (Å²) in [6.07, 6.45) is 0.118. The van der Waals surface area contributed by atoms with E-state index in [1.54, 1.807) is 13.8 Å². The molecule has 0 aliphatic heterocycles. The second-order valence-corrected chi connectivity index (χ2v) is 7.04. The molecule has 0 saturated carbocycles. The molecule has 0 aliphatic rings. The summed E-state index contributed by atoms with van der Waals surface area (Å²) in [5.74, 6) is -3.31. The van der Waals surface area contributed by atoms with Crippen molar-refractivity contribution in [1.29, 1.82) is 0 Å². The van der Waals surface area contributed by atoms with E-state index < -0.39 is 44.6 Å². The highest BCUT2D eigenvalue weighted by molar-refractivity contribution is 7.89. The number of methoxy groups -OCH3 is 1. The minimum Gasteiger partial charge on any atom is -0.480 e. The molecule has 0 spiro atoms. The number of esters is 1. The average Bonchev–Trinajstić information content (AvgIpc) is 2.53. The summed E-state index contributed by atoms with van der Waals surface area (Å²) in [6.45, 7) is 3.33. The number of aliphatic carboxylic acids is 1. The smallest absolute Gasteiger partial charge is 0.322 e. The van der Waals surface area contributed by atoms with Gasteiger partial charge < -0.3 is 9.84 Å². The van der Waals surface area contributed by atoms with Crippen LogP contribution in [0.2, 0.25) is 0 Å². The van der Waals surface area contributed by atoms with Gasteiger partial charge >= 0.3 is 11.9 Å². The van der Waals surface area contributed by atoms with Crippen LogP contribution in [-0.2, 0) is 30.8 Å². The Kier molecular flexibility index (Phi) is 6.85. The number of rotatable bonds is 8. The normalized spacial score (nSPS) is 14.0. The van der Waals surface area contributed by atoms with E-state index >= 15 is 0 Å². The number of carboxylic acid groups (broad SMARTS) is 1. The molecule has 0 saturated heterocycles. The van der Waals surface area contributed by atoms with Gasteiger partial charge in [0.1, 0.15) is 11.9 Å². The van der Waals surface area contributed by atoms with Gasteiger partial charge in [-0.3, -0.25) is 9.59 Å². The third kappa shape index (κ3) is 5.00. The fourth-order valence-electron chi connectivity index (χ4n) is 1.95. The van der Waals surface area contributed by atoms with Crippen LogP contribution in [0.4, 0.5) is 4.39 Å². The van der Waals surface area contributed by atoms with Crippen LogP contribution in [0.1, 0.15) is 25.8 Å². The molecule has 0 bridgehead atoms. The zero-order valence-corrected chi connectivity index (χ0v) is 14.4. The van der Waals surface area contributed by atoms with E-state index in [0.717, 1.165) is 25.3 Å². The van der Waals surface area contributed by atoms with Crippen molar-refractivity contribution in [2.24, 2.45) is 5.92 Å². The first-order chi connectivity index (χ1) is 11.1. The molecule has 0 radical (unpaired) electrons. The predicted octanol–water partition coefficient (Wildman–Crippen LogP) is 1.32. The van der Waals surface area contributed by atoms with Crippen LogP contribution in [0, 0.1) is 11.7 Å². The van der Waals surface area contributed by atoms with Crippen molar-refractivity contribution in [2.45, 2.75) is 37.6 Å². The third-order valence-corrected chi connectivity index (χ3v) is 5.10. The van der Waals surface area contributed by atoms with Crippen molar-refractivity contribution < 1.29 is 32.2 Å². The Morgan fingerprint density at radius 1 is 1.38 bits per heavy atom. The van der Waals surface area contributed by atoms with E-state index in [9.17, 15) is 22.4 Å². The van der Waals surface area contributed by atoms with E-state index in [2.05, 4.69) is 9.46 Å². The summed E-state index contributed by atoms with van der Waals surface area (Å²) in [5.41, 5.74) is -0.0162. The van der Waals surface area contributed by atoms with Gasteiger partial charge in [-0.1, -0.05) is 26.3 Å². The number of ether oxygens (including phenoxy) is 1. The van der Waals surface area contributed by atoms with Crippen molar-refractivity contribution in [3.63, 3.8) is 0 Å². The molecule has 0 aliphatic carbocycles. The van der Waals surface area contributed by atoms with Crippen LogP contribution in [0.15, 0.2) is 23.1 Å². The summed E-state index contributed by atoms with van der Waals surface area (Å²) in [5, 5.41) is 9.16. The molecule has 2 atom stereocenters. The first-order valence-corrected chi connectivity index (χ1v) is 8.71. The monoisotopic (exact) mass is 361 g/mol. The topological polar surface area (TPSA) is 110 Å². The largest absolute Gasteiger partial charge is 0.480 e. The Morgan fingerprint density at radius 2 is 2.00 bits per heavy atom. The molecule has 0 unspecified atom stereocenters. The lowest BCUT2D eigenvalue weighted by molar-refractivity contribution is -0.141. The van der Waals surface area contributed by atoms with E-state index in [1.807, 2.05) is 0 Å². The van der Waals surface area contributed by atoms with Gasteiger partial charge in [-0.05, 0) is 23.6 Å². The fourth-order valence-corrected chi connectivity index (χ4v) is 3.26. The molecule has 7 nitrogen and oxygen atoms in total. The number of nitrogens with one attached hydrogen (secondary N) is 1. The number of benzene rings is 1. The maximum absolute atomic E-state index is 14.0. The molecule has 134 valence electrons. The van der Waals surface area contributed by atoms with Crippen LogP contribution in [-0.4, -0.2) is 38.6 Å². The van der Waals surface area contributed by atoms with Gasteiger partial charge in [-0.2, -0.15) is 4.72 Å². The standard InChI is InChI=1S/C15H20FNO6S/c1-4-9(2)14(15(19)20)17-24(21,22)11-6-5-10(12(16)8-11)7-13(18)23-3/h5-6,8-9,14,17H,4,7H2,1-3H3,(H,19,20)/t9-,14-/m0/s1. The Morgan fingerprint density at radius 3 is 2.46 bits per heavy atom. The van der Waals surface area contributed by atoms with Crippen molar-refractivity contribution in [3.05, 3.63) is 29.6 Å². The number of carbonyl (C=O) groups is 2. The first-order valence-electron chi connectivity index (χ1n) is 7.22. The van der Waals surface area contributed by atoms with E-state index in [1.165, 1.54) is 0 Å². The lowest BCUT2D eigenvalue weighted by Crippen LogP contribution is -2.44. The molecular weight excluding hydrogens is 341 g/mol. The summed E-state index contributed by atoms with van der Waals surface area (Å²) < 4.78 is 45.0. The summed E-state index contributed by atoms with van der Waals surface area (Å²) >= 11 is 0. The molecule has 1 rings (SSSR count). The zero-order valence-electron chi connectivity index (χ0n) is 13.6. The van der Waals surface area contributed by atoms with Crippen LogP contribution in [0.5, 0.6) is 0 Å². The summed E-state index contributed by atoms with van der Waals surface area (Å²) in [7, 11) is -3.06. The molecule has 1 aromatic rings. The quantitative estimate of drug-likeness (QED) is 0.676. The zero-order chi connectivity index (χ0) is 18.5. The van der Waals surface area contributed by atoms with Gasteiger partial charge in [-0.15, -0.1) is 0 Å². The average molecular weight is 361 g/mol. The molecule has 1 aromatic carbocycles. The number of halogens is 1. The van der Waals surface area contributed by atoms with Gasteiger partial charge in [0.25, 0.3) is 0 Å². The third-order valence-electron chi connectivity index (χ3n) is 3.66. The molecule has 0 amide bonds. The molecule has 0 aromatic heterocycles. The van der Waals surface area contributed by atoms with Gasteiger partial charge in [-0.25, -0.2) is 12.8 Å². The van der Waals surface area contributed by atoms with Crippen molar-refractivity contribution in [1.82, 2.24) is 4.72 Å². The van der Waals surface area contributed by atoms with E-state index in [4.69, 9.17) is 5.11 Å². The molecular formula is C15H20FNO6S. The molecule has 9 heteroatoms. The van der Waals surface area contributed by atoms with E-state index in [-0.39, 0.29) is 12.0 Å². The maximum Gasteiger partial charge on any atom is 0.322 e. The number of carboxylic acids is 1. The minimum atomic E-state index is -4.22. The highest BCUT2D eigenvalue weighted by Crippen LogP contribution is 2.18. The number of sulfonamides is 1. The fraction of sp³-hybridized carbons (Fsp3) is 0.467. The highest BCUT2D eigenvalue weighted by atomic mass is 32.2. The Balaban J connectivity index is 3.08. The second kappa shape index (κ2) is 8.20. The maximum atomic E-state index is 14.0. The first kappa shape index (κ1) is 20.0. The van der Waals surface area contributed by atoms with Crippen LogP contribution in [0.25, 0.3) is 0 Å². The minimum absolute atomic E-state index is 0.0162. The summed E-state index contributed by atoms with van der Waals surface area (Å²) in [6, 6.07) is 1.69. The van der Waals surface area contributed by atoms with Crippen LogP contribution in [0.3, 0.4) is 0 Å². The Hall–Kier alpha value is -2.00. The van der Waals surface area contributed by atoms with Crippen LogP contribution < -0.4 is 4.72 Å². The van der Waals surface area contributed by atoms with Gasteiger partial charge in [0, 0.05) is 0 Å².